The summed E-state index contributed by atoms with van der Waals surface area (Å²) in [6.07, 6.45) is 3.59. The highest BCUT2D eigenvalue weighted by Crippen LogP contribution is 2.50. The van der Waals surface area contributed by atoms with E-state index in [2.05, 4.69) is 64.3 Å². The zero-order valence-electron chi connectivity index (χ0n) is 12.2. The quantitative estimate of drug-likeness (QED) is 0.682. The van der Waals surface area contributed by atoms with E-state index in [1.165, 1.54) is 21.2 Å². The minimum Gasteiger partial charge on any atom is -0.339 e. The number of hydrogen-bond acceptors (Lipinski definition) is 4. The van der Waals surface area contributed by atoms with Crippen LogP contribution in [0.25, 0.3) is 11.4 Å². The molecule has 4 rings (SSSR count). The molecule has 0 amide bonds. The van der Waals surface area contributed by atoms with Crippen LogP contribution in [0, 0.1) is 0 Å². The third kappa shape index (κ3) is 2.07. The van der Waals surface area contributed by atoms with Gasteiger partial charge in [-0.25, -0.2) is 9.97 Å². The number of anilines is 2. The molecule has 1 aliphatic rings. The summed E-state index contributed by atoms with van der Waals surface area (Å²) in [4.78, 5) is 13.8. The Hall–Kier alpha value is -2.33. The molecular weight excluding hydrogens is 290 g/mol. The van der Waals surface area contributed by atoms with Crippen molar-refractivity contribution in [3.05, 3.63) is 60.9 Å². The van der Waals surface area contributed by atoms with Crippen LogP contribution >= 0.6 is 11.8 Å². The standard InChI is InChI=1S/C18H15N3S/c1-2-21-14-8-3-4-9-15(14)22-16-10-5-7-13(17(16)21)18-19-11-6-12-20-18/h3-12H,2H2,1H3. The number of rotatable bonds is 2. The first kappa shape index (κ1) is 13.3. The average Bonchev–Trinajstić information content (AvgIpc) is 2.60. The molecule has 3 nitrogen and oxygen atoms in total. The second kappa shape index (κ2) is 5.46. The van der Waals surface area contributed by atoms with Crippen LogP contribution in [0.4, 0.5) is 11.4 Å². The first-order valence-electron chi connectivity index (χ1n) is 7.33. The molecule has 1 aliphatic heterocycles. The van der Waals surface area contributed by atoms with Gasteiger partial charge in [0.2, 0.25) is 0 Å². The van der Waals surface area contributed by atoms with Gasteiger partial charge in [-0.05, 0) is 37.3 Å². The third-order valence-electron chi connectivity index (χ3n) is 3.77. The summed E-state index contributed by atoms with van der Waals surface area (Å²) >= 11 is 1.81. The SMILES string of the molecule is CCN1c2ccccc2Sc2cccc(-c3ncccn3)c21. The first-order valence-corrected chi connectivity index (χ1v) is 8.15. The molecule has 108 valence electrons. The number of hydrogen-bond donors (Lipinski definition) is 0. The highest BCUT2D eigenvalue weighted by Gasteiger charge is 2.25. The molecule has 0 N–H and O–H groups in total. The van der Waals surface area contributed by atoms with Crippen molar-refractivity contribution in [3.8, 4) is 11.4 Å². The van der Waals surface area contributed by atoms with Gasteiger partial charge in [-0.1, -0.05) is 30.0 Å². The van der Waals surface area contributed by atoms with Gasteiger partial charge in [0.15, 0.2) is 5.82 Å². The van der Waals surface area contributed by atoms with Crippen molar-refractivity contribution in [3.63, 3.8) is 0 Å². The van der Waals surface area contributed by atoms with Crippen molar-refractivity contribution in [1.82, 2.24) is 9.97 Å². The molecule has 0 spiro atoms. The normalized spacial score (nSPS) is 12.7. The van der Waals surface area contributed by atoms with E-state index in [4.69, 9.17) is 0 Å². The summed E-state index contributed by atoms with van der Waals surface area (Å²) in [6, 6.07) is 16.7. The number of fused-ring (bicyclic) bond motifs is 2. The van der Waals surface area contributed by atoms with Crippen LogP contribution < -0.4 is 4.90 Å². The second-order valence-corrected chi connectivity index (χ2v) is 6.12. The van der Waals surface area contributed by atoms with Crippen molar-refractivity contribution in [2.75, 3.05) is 11.4 Å². The molecule has 2 heterocycles. The summed E-state index contributed by atoms with van der Waals surface area (Å²) in [5, 5.41) is 0. The first-order chi connectivity index (χ1) is 10.9. The van der Waals surface area contributed by atoms with E-state index in [0.29, 0.717) is 0 Å². The predicted molar refractivity (Wildman–Crippen MR) is 90.7 cm³/mol. The molecule has 22 heavy (non-hydrogen) atoms. The lowest BCUT2D eigenvalue weighted by molar-refractivity contribution is 0.977. The number of nitrogens with zero attached hydrogens (tertiary/aromatic N) is 3. The second-order valence-electron chi connectivity index (χ2n) is 5.04. The maximum Gasteiger partial charge on any atom is 0.161 e. The lowest BCUT2D eigenvalue weighted by Gasteiger charge is -2.33. The van der Waals surface area contributed by atoms with Crippen LogP contribution in [0.3, 0.4) is 0 Å². The van der Waals surface area contributed by atoms with E-state index in [1.54, 1.807) is 12.4 Å². The van der Waals surface area contributed by atoms with Crippen LogP contribution in [-0.2, 0) is 0 Å². The zero-order chi connectivity index (χ0) is 14.9. The number of para-hydroxylation sites is 2. The summed E-state index contributed by atoms with van der Waals surface area (Å²) in [5.74, 6) is 0.776. The molecule has 0 aliphatic carbocycles. The lowest BCUT2D eigenvalue weighted by Crippen LogP contribution is -2.21. The fourth-order valence-corrected chi connectivity index (χ4v) is 3.97. The van der Waals surface area contributed by atoms with Gasteiger partial charge in [0.1, 0.15) is 0 Å². The van der Waals surface area contributed by atoms with Crippen LogP contribution in [0.1, 0.15) is 6.92 Å². The van der Waals surface area contributed by atoms with Gasteiger partial charge >= 0.3 is 0 Å². The van der Waals surface area contributed by atoms with E-state index in [9.17, 15) is 0 Å². The molecule has 0 saturated heterocycles. The van der Waals surface area contributed by atoms with E-state index >= 15 is 0 Å². The average molecular weight is 305 g/mol. The van der Waals surface area contributed by atoms with Crippen molar-refractivity contribution in [1.29, 1.82) is 0 Å². The highest BCUT2D eigenvalue weighted by molar-refractivity contribution is 7.99. The van der Waals surface area contributed by atoms with E-state index < -0.39 is 0 Å². The molecule has 0 saturated carbocycles. The summed E-state index contributed by atoms with van der Waals surface area (Å²) in [5.41, 5.74) is 3.55. The van der Waals surface area contributed by atoms with E-state index in [0.717, 1.165) is 17.9 Å². The molecule has 2 aromatic carbocycles. The highest BCUT2D eigenvalue weighted by atomic mass is 32.2. The third-order valence-corrected chi connectivity index (χ3v) is 4.88. The smallest absolute Gasteiger partial charge is 0.161 e. The zero-order valence-corrected chi connectivity index (χ0v) is 13.0. The molecule has 0 atom stereocenters. The van der Waals surface area contributed by atoms with Crippen molar-refractivity contribution in [2.24, 2.45) is 0 Å². The van der Waals surface area contributed by atoms with Gasteiger partial charge in [-0.3, -0.25) is 0 Å². The van der Waals surface area contributed by atoms with Gasteiger partial charge in [0.05, 0.1) is 11.4 Å². The van der Waals surface area contributed by atoms with Gasteiger partial charge < -0.3 is 4.90 Å². The monoisotopic (exact) mass is 305 g/mol. The van der Waals surface area contributed by atoms with E-state index in [1.807, 2.05) is 17.8 Å². The maximum absolute atomic E-state index is 4.43. The van der Waals surface area contributed by atoms with Gasteiger partial charge in [-0.15, -0.1) is 0 Å². The van der Waals surface area contributed by atoms with Crippen molar-refractivity contribution >= 4 is 23.1 Å². The van der Waals surface area contributed by atoms with Gasteiger partial charge in [-0.2, -0.15) is 0 Å². The molecular formula is C18H15N3S. The van der Waals surface area contributed by atoms with Crippen LogP contribution in [0.2, 0.25) is 0 Å². The number of aromatic nitrogens is 2. The van der Waals surface area contributed by atoms with Crippen LogP contribution in [-0.4, -0.2) is 16.5 Å². The van der Waals surface area contributed by atoms with Crippen LogP contribution in [0.15, 0.2) is 70.7 Å². The Morgan fingerprint density at radius 3 is 2.50 bits per heavy atom. The Morgan fingerprint density at radius 1 is 0.909 bits per heavy atom. The summed E-state index contributed by atoms with van der Waals surface area (Å²) in [7, 11) is 0. The van der Waals surface area contributed by atoms with Gasteiger partial charge in [0, 0.05) is 34.3 Å². The Bertz CT molecular complexity index is 818. The van der Waals surface area contributed by atoms with E-state index in [-0.39, 0.29) is 0 Å². The van der Waals surface area contributed by atoms with Crippen molar-refractivity contribution < 1.29 is 0 Å². The topological polar surface area (TPSA) is 29.0 Å². The Morgan fingerprint density at radius 2 is 1.68 bits per heavy atom. The predicted octanol–water partition coefficient (Wildman–Crippen LogP) is 4.77. The summed E-state index contributed by atoms with van der Waals surface area (Å²) < 4.78 is 0. The molecule has 0 unspecified atom stereocenters. The largest absolute Gasteiger partial charge is 0.339 e. The fourth-order valence-electron chi connectivity index (χ4n) is 2.84. The Balaban J connectivity index is 1.94. The molecule has 1 aromatic heterocycles. The Kier molecular flexibility index (Phi) is 3.31. The van der Waals surface area contributed by atoms with Crippen LogP contribution in [0.5, 0.6) is 0 Å². The maximum atomic E-state index is 4.43. The minimum absolute atomic E-state index is 0.776. The molecule has 0 fully saturated rings. The molecule has 3 aromatic rings. The van der Waals surface area contributed by atoms with Crippen molar-refractivity contribution in [2.45, 2.75) is 16.7 Å². The molecule has 4 heteroatoms. The Labute approximate surface area is 134 Å². The molecule has 0 radical (unpaired) electrons. The number of benzene rings is 2. The van der Waals surface area contributed by atoms with Gasteiger partial charge in [0.25, 0.3) is 0 Å². The summed E-state index contributed by atoms with van der Waals surface area (Å²) in [6.45, 7) is 3.09. The molecule has 0 bridgehead atoms. The minimum atomic E-state index is 0.776. The lowest BCUT2D eigenvalue weighted by atomic mass is 10.1. The fraction of sp³-hybridized carbons (Fsp3) is 0.111.